The maximum atomic E-state index is 13.1. The minimum Gasteiger partial charge on any atom is -0.387 e. The number of β-amino-alcohol motifs (C(OH)–C–C–N with tert-alkyl or cyclic N) is 1. The van der Waals surface area contributed by atoms with E-state index in [9.17, 15) is 14.6 Å². The molecular weight excluding hydrogens is 329 g/mol. The first kappa shape index (κ1) is 17.7. The third kappa shape index (κ3) is 3.54. The summed E-state index contributed by atoms with van der Waals surface area (Å²) in [6.07, 6.45) is 4.16. The van der Waals surface area contributed by atoms with E-state index in [-0.39, 0.29) is 5.82 Å². The summed E-state index contributed by atoms with van der Waals surface area (Å²) in [7, 11) is 0. The summed E-state index contributed by atoms with van der Waals surface area (Å²) in [5.74, 6) is -0.285. The van der Waals surface area contributed by atoms with E-state index in [0.29, 0.717) is 19.4 Å². The first-order valence-corrected chi connectivity index (χ1v) is 9.54. The number of hydrogen-bond donors (Lipinski definition) is 2. The highest BCUT2D eigenvalue weighted by atomic mass is 19.1. The smallest absolute Gasteiger partial charge is 0.123 e. The topological polar surface area (TPSA) is 43.7 Å². The van der Waals surface area contributed by atoms with Crippen molar-refractivity contribution in [3.63, 3.8) is 0 Å². The van der Waals surface area contributed by atoms with Crippen LogP contribution < -0.4 is 0 Å². The van der Waals surface area contributed by atoms with Crippen LogP contribution in [0.5, 0.6) is 0 Å². The number of fused-ring (bicyclic) bond motifs is 1. The van der Waals surface area contributed by atoms with Crippen molar-refractivity contribution in [1.82, 2.24) is 4.90 Å². The van der Waals surface area contributed by atoms with Crippen LogP contribution in [0.4, 0.5) is 4.39 Å². The van der Waals surface area contributed by atoms with Crippen LogP contribution in [0.1, 0.15) is 47.6 Å². The maximum Gasteiger partial charge on any atom is 0.123 e. The molecule has 0 aromatic heterocycles. The largest absolute Gasteiger partial charge is 0.387 e. The molecule has 4 rings (SSSR count). The Balaban J connectivity index is 1.37. The van der Waals surface area contributed by atoms with Gasteiger partial charge < -0.3 is 15.1 Å². The molecule has 4 heteroatoms. The molecule has 0 unspecified atom stereocenters. The van der Waals surface area contributed by atoms with Crippen molar-refractivity contribution in [1.29, 1.82) is 0 Å². The SMILES string of the molecule is O[C@@H](CN1CCC(O)(c2ccc(F)cc2)CC1)c1ccc2c(c1)CCC2. The number of piperidine rings is 1. The number of hydrogen-bond acceptors (Lipinski definition) is 3. The molecule has 1 atom stereocenters. The summed E-state index contributed by atoms with van der Waals surface area (Å²) in [4.78, 5) is 2.20. The number of benzene rings is 2. The van der Waals surface area contributed by atoms with Gasteiger partial charge in [-0.15, -0.1) is 0 Å². The van der Waals surface area contributed by atoms with Crippen molar-refractivity contribution in [2.24, 2.45) is 0 Å². The zero-order chi connectivity index (χ0) is 18.1. The average molecular weight is 355 g/mol. The van der Waals surface area contributed by atoms with E-state index in [0.717, 1.165) is 37.1 Å². The minimum atomic E-state index is -0.900. The van der Waals surface area contributed by atoms with Crippen molar-refractivity contribution in [3.05, 3.63) is 70.5 Å². The summed E-state index contributed by atoms with van der Waals surface area (Å²) in [5, 5.41) is 21.5. The van der Waals surface area contributed by atoms with E-state index >= 15 is 0 Å². The van der Waals surface area contributed by atoms with Gasteiger partial charge in [0.2, 0.25) is 0 Å². The van der Waals surface area contributed by atoms with Gasteiger partial charge in [0.15, 0.2) is 0 Å². The van der Waals surface area contributed by atoms with Crippen LogP contribution in [0.2, 0.25) is 0 Å². The van der Waals surface area contributed by atoms with Gasteiger partial charge in [-0.1, -0.05) is 30.3 Å². The van der Waals surface area contributed by atoms with E-state index < -0.39 is 11.7 Å². The van der Waals surface area contributed by atoms with Crippen LogP contribution in [-0.2, 0) is 18.4 Å². The summed E-state index contributed by atoms with van der Waals surface area (Å²) in [5.41, 5.74) is 3.67. The predicted molar refractivity (Wildman–Crippen MR) is 99.4 cm³/mol. The van der Waals surface area contributed by atoms with Crippen molar-refractivity contribution in [3.8, 4) is 0 Å². The van der Waals surface area contributed by atoms with Gasteiger partial charge >= 0.3 is 0 Å². The van der Waals surface area contributed by atoms with E-state index in [1.807, 2.05) is 6.07 Å². The standard InChI is InChI=1S/C22H26FNO2/c23-20-8-6-19(7-9-20)22(26)10-12-24(13-11-22)15-21(25)18-5-4-16-2-1-3-17(16)14-18/h4-9,14,21,25-26H,1-3,10-13,15H2/t21-/m0/s1. The second-order valence-electron chi connectivity index (χ2n) is 7.74. The minimum absolute atomic E-state index is 0.285. The van der Waals surface area contributed by atoms with Crippen molar-refractivity contribution in [2.45, 2.75) is 43.8 Å². The monoisotopic (exact) mass is 355 g/mol. The average Bonchev–Trinajstić information content (AvgIpc) is 3.12. The van der Waals surface area contributed by atoms with Crippen molar-refractivity contribution >= 4 is 0 Å². The third-order valence-corrected chi connectivity index (χ3v) is 6.00. The molecule has 1 aliphatic carbocycles. The molecule has 0 spiro atoms. The molecule has 2 N–H and O–H groups in total. The highest BCUT2D eigenvalue weighted by molar-refractivity contribution is 5.36. The number of aliphatic hydroxyl groups is 2. The van der Waals surface area contributed by atoms with Crippen LogP contribution in [0.25, 0.3) is 0 Å². The number of aryl methyl sites for hydroxylation is 2. The normalized spacial score (nSPS) is 20.7. The van der Waals surface area contributed by atoms with Crippen LogP contribution >= 0.6 is 0 Å². The van der Waals surface area contributed by atoms with Crippen LogP contribution in [-0.4, -0.2) is 34.7 Å². The third-order valence-electron chi connectivity index (χ3n) is 6.00. The van der Waals surface area contributed by atoms with E-state index in [1.54, 1.807) is 12.1 Å². The fourth-order valence-electron chi connectivity index (χ4n) is 4.30. The first-order valence-electron chi connectivity index (χ1n) is 9.54. The van der Waals surface area contributed by atoms with Crippen molar-refractivity contribution in [2.75, 3.05) is 19.6 Å². The number of likely N-dealkylation sites (tertiary alicyclic amines) is 1. The Bertz CT molecular complexity index is 766. The number of aliphatic hydroxyl groups excluding tert-OH is 1. The van der Waals surface area contributed by atoms with Crippen LogP contribution in [0.15, 0.2) is 42.5 Å². The second-order valence-corrected chi connectivity index (χ2v) is 7.74. The Labute approximate surface area is 154 Å². The number of nitrogens with zero attached hydrogens (tertiary/aromatic N) is 1. The first-order chi connectivity index (χ1) is 12.5. The molecule has 3 nitrogen and oxygen atoms in total. The van der Waals surface area contributed by atoms with Gasteiger partial charge in [0.1, 0.15) is 5.82 Å². The van der Waals surface area contributed by atoms with E-state index in [2.05, 4.69) is 17.0 Å². The van der Waals surface area contributed by atoms with Gasteiger partial charge in [-0.25, -0.2) is 4.39 Å². The summed E-state index contributed by atoms with van der Waals surface area (Å²) in [6.45, 7) is 2.02. The van der Waals surface area contributed by atoms with Gasteiger partial charge in [-0.05, 0) is 66.5 Å². The van der Waals surface area contributed by atoms with Crippen LogP contribution in [0.3, 0.4) is 0 Å². The van der Waals surface area contributed by atoms with Gasteiger partial charge in [0.05, 0.1) is 11.7 Å². The summed E-state index contributed by atoms with van der Waals surface area (Å²) in [6, 6.07) is 12.5. The molecular formula is C22H26FNO2. The Hall–Kier alpha value is -1.75. The molecule has 0 saturated carbocycles. The molecule has 0 radical (unpaired) electrons. The lowest BCUT2D eigenvalue weighted by atomic mass is 9.84. The van der Waals surface area contributed by atoms with E-state index in [4.69, 9.17) is 0 Å². The lowest BCUT2D eigenvalue weighted by molar-refractivity contribution is -0.0345. The molecule has 2 aromatic carbocycles. The molecule has 26 heavy (non-hydrogen) atoms. The molecule has 1 aliphatic heterocycles. The molecule has 1 fully saturated rings. The number of rotatable bonds is 4. The molecule has 138 valence electrons. The lowest BCUT2D eigenvalue weighted by Gasteiger charge is -2.39. The highest BCUT2D eigenvalue weighted by Crippen LogP contribution is 2.33. The Kier molecular flexibility index (Phi) is 4.82. The predicted octanol–water partition coefficient (Wildman–Crippen LogP) is 3.33. The highest BCUT2D eigenvalue weighted by Gasteiger charge is 2.34. The summed E-state index contributed by atoms with van der Waals surface area (Å²) >= 11 is 0. The molecule has 1 heterocycles. The molecule has 2 aliphatic rings. The van der Waals surface area contributed by atoms with Gasteiger partial charge in [-0.3, -0.25) is 0 Å². The fourth-order valence-corrected chi connectivity index (χ4v) is 4.30. The lowest BCUT2D eigenvalue weighted by Crippen LogP contribution is -2.44. The van der Waals surface area contributed by atoms with Gasteiger partial charge in [-0.2, -0.15) is 0 Å². The Morgan fingerprint density at radius 2 is 1.69 bits per heavy atom. The van der Waals surface area contributed by atoms with Crippen LogP contribution in [0, 0.1) is 5.82 Å². The fraction of sp³-hybridized carbons (Fsp3) is 0.455. The van der Waals surface area contributed by atoms with Gasteiger partial charge in [0, 0.05) is 19.6 Å². The Morgan fingerprint density at radius 1 is 1.00 bits per heavy atom. The maximum absolute atomic E-state index is 13.1. The van der Waals surface area contributed by atoms with Gasteiger partial charge in [0.25, 0.3) is 0 Å². The van der Waals surface area contributed by atoms with Crippen molar-refractivity contribution < 1.29 is 14.6 Å². The zero-order valence-electron chi connectivity index (χ0n) is 15.0. The molecule has 2 aromatic rings. The molecule has 1 saturated heterocycles. The summed E-state index contributed by atoms with van der Waals surface area (Å²) < 4.78 is 13.1. The molecule has 0 amide bonds. The second kappa shape index (κ2) is 7.10. The quantitative estimate of drug-likeness (QED) is 0.884. The Morgan fingerprint density at radius 3 is 2.42 bits per heavy atom. The zero-order valence-corrected chi connectivity index (χ0v) is 15.0. The van der Waals surface area contributed by atoms with E-state index in [1.165, 1.54) is 29.7 Å². The number of halogens is 1. The molecule has 0 bridgehead atoms.